The Bertz CT molecular complexity index is 1020. The van der Waals surface area contributed by atoms with Crippen LogP contribution in [-0.4, -0.2) is 42.4 Å². The minimum atomic E-state index is -0.432. The zero-order valence-corrected chi connectivity index (χ0v) is 17.3. The molecular formula is C20H21N7O2S. The van der Waals surface area contributed by atoms with Gasteiger partial charge < -0.3 is 10.2 Å². The molecule has 0 aliphatic carbocycles. The van der Waals surface area contributed by atoms with E-state index in [0.29, 0.717) is 15.8 Å². The topological polar surface area (TPSA) is 112 Å². The number of carbonyl (C=O) groups excluding carboxylic acids is 2. The highest BCUT2D eigenvalue weighted by molar-refractivity contribution is 7.15. The van der Waals surface area contributed by atoms with Crippen molar-refractivity contribution in [3.05, 3.63) is 65.2 Å². The second-order valence-electron chi connectivity index (χ2n) is 6.40. The van der Waals surface area contributed by atoms with Crippen molar-refractivity contribution in [2.75, 3.05) is 29.6 Å². The molecule has 0 radical (unpaired) electrons. The molecule has 9 nitrogen and oxygen atoms in total. The minimum Gasteiger partial charge on any atom is -0.378 e. The first-order chi connectivity index (χ1) is 14.5. The van der Waals surface area contributed by atoms with Crippen molar-refractivity contribution in [3.63, 3.8) is 0 Å². The Morgan fingerprint density at radius 1 is 1.03 bits per heavy atom. The summed E-state index contributed by atoms with van der Waals surface area (Å²) in [4.78, 5) is 26.0. The molecule has 0 atom stereocenters. The van der Waals surface area contributed by atoms with E-state index >= 15 is 0 Å². The van der Waals surface area contributed by atoms with Crippen LogP contribution in [0.4, 0.5) is 21.3 Å². The molecule has 3 amide bonds. The maximum absolute atomic E-state index is 12.0. The Balaban J connectivity index is 1.45. The fourth-order valence-corrected chi connectivity index (χ4v) is 3.10. The molecule has 154 valence electrons. The number of nitrogens with one attached hydrogen (secondary N) is 3. The number of nitrogens with zero attached hydrogens (tertiary/aromatic N) is 4. The van der Waals surface area contributed by atoms with E-state index in [9.17, 15) is 9.59 Å². The Morgan fingerprint density at radius 2 is 1.77 bits per heavy atom. The lowest BCUT2D eigenvalue weighted by molar-refractivity contribution is -0.120. The van der Waals surface area contributed by atoms with Crippen LogP contribution in [0.1, 0.15) is 10.6 Å². The van der Waals surface area contributed by atoms with Gasteiger partial charge in [0.25, 0.3) is 0 Å². The number of amides is 3. The lowest BCUT2D eigenvalue weighted by atomic mass is 10.2. The van der Waals surface area contributed by atoms with E-state index in [1.807, 2.05) is 61.5 Å². The van der Waals surface area contributed by atoms with E-state index in [2.05, 4.69) is 31.4 Å². The van der Waals surface area contributed by atoms with Crippen molar-refractivity contribution in [1.29, 1.82) is 0 Å². The van der Waals surface area contributed by atoms with Gasteiger partial charge in [-0.25, -0.2) is 10.2 Å². The van der Waals surface area contributed by atoms with Gasteiger partial charge in [-0.3, -0.25) is 10.1 Å². The molecule has 3 aromatic rings. The van der Waals surface area contributed by atoms with Crippen LogP contribution in [0.25, 0.3) is 0 Å². The maximum Gasteiger partial charge on any atom is 0.325 e. The van der Waals surface area contributed by atoms with E-state index in [1.54, 1.807) is 18.3 Å². The number of para-hydroxylation sites is 1. The first-order valence-electron chi connectivity index (χ1n) is 9.04. The molecule has 0 fully saturated rings. The molecule has 0 saturated heterocycles. The van der Waals surface area contributed by atoms with Gasteiger partial charge in [-0.1, -0.05) is 41.7 Å². The third kappa shape index (κ3) is 6.38. The normalized spacial score (nSPS) is 10.6. The molecule has 0 spiro atoms. The van der Waals surface area contributed by atoms with Crippen LogP contribution in [0.15, 0.2) is 59.7 Å². The molecule has 0 aliphatic rings. The Morgan fingerprint density at radius 3 is 2.47 bits per heavy atom. The van der Waals surface area contributed by atoms with Crippen LogP contribution in [0, 0.1) is 0 Å². The monoisotopic (exact) mass is 423 g/mol. The molecular weight excluding hydrogens is 402 g/mol. The summed E-state index contributed by atoms with van der Waals surface area (Å²) in [6.07, 6.45) is 1.58. The highest BCUT2D eigenvalue weighted by Crippen LogP contribution is 2.16. The zero-order chi connectivity index (χ0) is 21.3. The van der Waals surface area contributed by atoms with Crippen LogP contribution < -0.4 is 21.0 Å². The summed E-state index contributed by atoms with van der Waals surface area (Å²) in [5, 5.41) is 17.8. The fourth-order valence-electron chi connectivity index (χ4n) is 2.37. The lowest BCUT2D eigenvalue weighted by Gasteiger charge is -2.11. The van der Waals surface area contributed by atoms with Gasteiger partial charge in [0, 0.05) is 25.5 Å². The molecule has 1 aromatic heterocycles. The summed E-state index contributed by atoms with van der Waals surface area (Å²) in [6, 6.07) is 16.4. The summed E-state index contributed by atoms with van der Waals surface area (Å²) in [7, 11) is 3.93. The summed E-state index contributed by atoms with van der Waals surface area (Å²) >= 11 is 1.12. The number of hydrogen-bond donors (Lipinski definition) is 3. The van der Waals surface area contributed by atoms with Crippen molar-refractivity contribution < 1.29 is 9.59 Å². The van der Waals surface area contributed by atoms with E-state index in [-0.39, 0.29) is 12.3 Å². The average molecular weight is 424 g/mol. The number of carbonyl (C=O) groups is 2. The van der Waals surface area contributed by atoms with E-state index in [4.69, 9.17) is 0 Å². The number of anilines is 3. The molecule has 0 aliphatic heterocycles. The maximum atomic E-state index is 12.0. The summed E-state index contributed by atoms with van der Waals surface area (Å²) in [5.74, 6) is -0.326. The third-order valence-corrected chi connectivity index (χ3v) is 4.68. The molecule has 3 N–H and O–H groups in total. The van der Waals surface area contributed by atoms with Crippen LogP contribution in [0.2, 0.25) is 0 Å². The summed E-state index contributed by atoms with van der Waals surface area (Å²) in [6.45, 7) is 0. The number of urea groups is 1. The smallest absolute Gasteiger partial charge is 0.325 e. The molecule has 3 rings (SSSR count). The molecule has 0 bridgehead atoms. The number of benzene rings is 2. The van der Waals surface area contributed by atoms with Gasteiger partial charge in [-0.2, -0.15) is 5.10 Å². The standard InChI is InChI=1S/C20H21N7O2S/c1-27(2)16-10-8-14(9-11-16)13-21-24-17(28)12-18-25-26-20(30-18)23-19(29)22-15-6-4-3-5-7-15/h3-11,13H,12H2,1-2H3,(H,24,28)(H2,22,23,26,29)/b21-13-. The van der Waals surface area contributed by atoms with Crippen LogP contribution in [-0.2, 0) is 11.2 Å². The van der Waals surface area contributed by atoms with Gasteiger partial charge in [-0.05, 0) is 29.8 Å². The molecule has 0 unspecified atom stereocenters. The van der Waals surface area contributed by atoms with Gasteiger partial charge in [0.05, 0.1) is 12.6 Å². The third-order valence-electron chi connectivity index (χ3n) is 3.84. The average Bonchev–Trinajstić information content (AvgIpc) is 3.15. The van der Waals surface area contributed by atoms with Crippen LogP contribution in [0.5, 0.6) is 0 Å². The number of rotatable bonds is 7. The van der Waals surface area contributed by atoms with Gasteiger partial charge in [0.15, 0.2) is 0 Å². The Labute approximate surface area is 177 Å². The van der Waals surface area contributed by atoms with Crippen molar-refractivity contribution in [2.24, 2.45) is 5.10 Å². The minimum absolute atomic E-state index is 0.0105. The van der Waals surface area contributed by atoms with Crippen molar-refractivity contribution in [3.8, 4) is 0 Å². The second kappa shape index (κ2) is 10.1. The number of aromatic nitrogens is 2. The Kier molecular flexibility index (Phi) is 7.06. The molecule has 2 aromatic carbocycles. The fraction of sp³-hybridized carbons (Fsp3) is 0.150. The molecule has 1 heterocycles. The van der Waals surface area contributed by atoms with Gasteiger partial charge in [0.2, 0.25) is 11.0 Å². The van der Waals surface area contributed by atoms with Gasteiger partial charge >= 0.3 is 6.03 Å². The number of hydrogen-bond acceptors (Lipinski definition) is 7. The van der Waals surface area contributed by atoms with Crippen LogP contribution >= 0.6 is 11.3 Å². The summed E-state index contributed by atoms with van der Waals surface area (Å²) in [5.41, 5.74) is 5.07. The lowest BCUT2D eigenvalue weighted by Crippen LogP contribution is -2.19. The van der Waals surface area contributed by atoms with Crippen molar-refractivity contribution in [1.82, 2.24) is 15.6 Å². The van der Waals surface area contributed by atoms with Gasteiger partial charge in [-0.15, -0.1) is 10.2 Å². The second-order valence-corrected chi connectivity index (χ2v) is 7.46. The summed E-state index contributed by atoms with van der Waals surface area (Å²) < 4.78 is 0. The van der Waals surface area contributed by atoms with Crippen molar-refractivity contribution in [2.45, 2.75) is 6.42 Å². The molecule has 10 heteroatoms. The van der Waals surface area contributed by atoms with Gasteiger partial charge in [0.1, 0.15) is 5.01 Å². The van der Waals surface area contributed by atoms with E-state index in [0.717, 1.165) is 22.6 Å². The zero-order valence-electron chi connectivity index (χ0n) is 16.5. The SMILES string of the molecule is CN(C)c1ccc(/C=N\NC(=O)Cc2nnc(NC(=O)Nc3ccccc3)s2)cc1. The first kappa shape index (κ1) is 20.9. The molecule has 30 heavy (non-hydrogen) atoms. The largest absolute Gasteiger partial charge is 0.378 e. The highest BCUT2D eigenvalue weighted by Gasteiger charge is 2.11. The quantitative estimate of drug-likeness (QED) is 0.400. The Hall–Kier alpha value is -3.79. The van der Waals surface area contributed by atoms with Crippen molar-refractivity contribution >= 4 is 46.0 Å². The first-order valence-corrected chi connectivity index (χ1v) is 9.86. The predicted molar refractivity (Wildman–Crippen MR) is 119 cm³/mol. The number of hydrazone groups is 1. The van der Waals surface area contributed by atoms with E-state index in [1.165, 1.54) is 0 Å². The van der Waals surface area contributed by atoms with E-state index < -0.39 is 6.03 Å². The molecule has 0 saturated carbocycles. The van der Waals surface area contributed by atoms with Crippen LogP contribution in [0.3, 0.4) is 0 Å². The predicted octanol–water partition coefficient (Wildman–Crippen LogP) is 2.94. The highest BCUT2D eigenvalue weighted by atomic mass is 32.1.